The minimum absolute atomic E-state index is 0.280. The second kappa shape index (κ2) is 3.40. The van der Waals surface area contributed by atoms with Crippen LogP contribution in [0, 0.1) is 0 Å². The topological polar surface area (TPSA) is 3.24 Å². The molecule has 1 rings (SSSR count). The molecule has 74 valence electrons. The van der Waals surface area contributed by atoms with Crippen molar-refractivity contribution < 1.29 is 0 Å². The summed E-state index contributed by atoms with van der Waals surface area (Å²) in [6, 6.07) is 0. The quantitative estimate of drug-likeness (QED) is 0.361. The second-order valence-corrected chi connectivity index (χ2v) is 6.58. The van der Waals surface area contributed by atoms with Crippen molar-refractivity contribution >= 4 is 39.2 Å². The van der Waals surface area contributed by atoms with Crippen LogP contribution in [-0.2, 0) is 0 Å². The van der Waals surface area contributed by atoms with Gasteiger partial charge < -0.3 is 4.90 Å². The third-order valence-electron chi connectivity index (χ3n) is 4.41. The Hall–Kier alpha value is 0.285. The van der Waals surface area contributed by atoms with Crippen molar-refractivity contribution in [2.24, 2.45) is 0 Å². The molecule has 0 aromatic heterocycles. The SMILES string of the molecule is BC1C(B)N(C(C)(C)C)C(B)(B)C1B. The van der Waals surface area contributed by atoms with Gasteiger partial charge in [-0.2, -0.15) is 0 Å². The first-order chi connectivity index (χ1) is 6.10. The molecule has 0 aliphatic carbocycles. The molecule has 0 radical (unpaired) electrons. The van der Waals surface area contributed by atoms with E-state index in [0.717, 1.165) is 11.6 Å². The van der Waals surface area contributed by atoms with Crippen LogP contribution in [0.2, 0.25) is 11.6 Å². The van der Waals surface area contributed by atoms with E-state index in [0.29, 0.717) is 11.3 Å². The number of nitrogens with zero attached hydrogens (tertiary/aromatic N) is 1. The fourth-order valence-corrected chi connectivity index (χ4v) is 3.52. The highest BCUT2D eigenvalue weighted by Gasteiger charge is 2.50. The van der Waals surface area contributed by atoms with Crippen molar-refractivity contribution in [1.29, 1.82) is 0 Å². The molecule has 1 nitrogen and oxygen atoms in total. The lowest BCUT2D eigenvalue weighted by atomic mass is 9.45. The van der Waals surface area contributed by atoms with E-state index in [1.807, 2.05) is 0 Å². The lowest BCUT2D eigenvalue weighted by Crippen LogP contribution is -2.58. The van der Waals surface area contributed by atoms with E-state index in [2.05, 4.69) is 64.9 Å². The fraction of sp³-hybridized carbons (Fsp3) is 1.00. The third kappa shape index (κ3) is 1.71. The summed E-state index contributed by atoms with van der Waals surface area (Å²) < 4.78 is 0. The fourth-order valence-electron chi connectivity index (χ4n) is 3.52. The number of hydrogen-bond acceptors (Lipinski definition) is 1. The van der Waals surface area contributed by atoms with Crippen LogP contribution in [0.3, 0.4) is 0 Å². The first-order valence-corrected chi connectivity index (χ1v) is 5.89. The molecule has 0 aromatic carbocycles. The monoisotopic (exact) mass is 187 g/mol. The van der Waals surface area contributed by atoms with Gasteiger partial charge in [-0.3, -0.25) is 0 Å². The molecule has 14 heavy (non-hydrogen) atoms. The summed E-state index contributed by atoms with van der Waals surface area (Å²) in [6.45, 7) is 6.99. The lowest BCUT2D eigenvalue weighted by Gasteiger charge is -2.47. The van der Waals surface area contributed by atoms with Crippen LogP contribution >= 0.6 is 0 Å². The average molecular weight is 186 g/mol. The Kier molecular flexibility index (Phi) is 3.00. The Labute approximate surface area is 93.8 Å². The summed E-state index contributed by atoms with van der Waals surface area (Å²) in [7, 11) is 11.9. The van der Waals surface area contributed by atoms with Gasteiger partial charge >= 0.3 is 0 Å². The molecule has 1 saturated heterocycles. The standard InChI is InChI=1S/C8H22B5N/c1-7(2,3)14-6(11)4(9)5(10)8(14,12)13/h4-6H,9-13H2,1-3H3. The van der Waals surface area contributed by atoms with Gasteiger partial charge in [-0.05, 0) is 32.1 Å². The van der Waals surface area contributed by atoms with E-state index in [1.165, 1.54) is 0 Å². The summed E-state index contributed by atoms with van der Waals surface area (Å²) in [4.78, 5) is 2.69. The Balaban J connectivity index is 3.06. The Bertz CT molecular complexity index is 224. The van der Waals surface area contributed by atoms with Gasteiger partial charge in [0.25, 0.3) is 0 Å². The predicted octanol–water partition coefficient (Wildman–Crippen LogP) is -3.18. The van der Waals surface area contributed by atoms with Gasteiger partial charge in [0, 0.05) is 5.54 Å². The zero-order valence-electron chi connectivity index (χ0n) is 11.2. The van der Waals surface area contributed by atoms with Crippen LogP contribution in [0.25, 0.3) is 0 Å². The van der Waals surface area contributed by atoms with Gasteiger partial charge in [-0.25, -0.2) is 0 Å². The Morgan fingerprint density at radius 1 is 1.07 bits per heavy atom. The molecule has 0 spiro atoms. The van der Waals surface area contributed by atoms with E-state index in [1.54, 1.807) is 0 Å². The molecule has 0 bridgehead atoms. The van der Waals surface area contributed by atoms with Crippen molar-refractivity contribution in [3.8, 4) is 0 Å². The average Bonchev–Trinajstić information content (AvgIpc) is 2.10. The molecule has 0 saturated carbocycles. The van der Waals surface area contributed by atoms with Crippen molar-refractivity contribution in [1.82, 2.24) is 4.90 Å². The number of likely N-dealkylation sites (tertiary alicyclic amines) is 1. The summed E-state index contributed by atoms with van der Waals surface area (Å²) in [5.74, 6) is 2.26. The van der Waals surface area contributed by atoms with E-state index in [4.69, 9.17) is 0 Å². The molecule has 1 fully saturated rings. The third-order valence-corrected chi connectivity index (χ3v) is 4.41. The molecule has 0 N–H and O–H groups in total. The van der Waals surface area contributed by atoms with Crippen molar-refractivity contribution in [3.05, 3.63) is 0 Å². The second-order valence-electron chi connectivity index (χ2n) is 6.58. The molecule has 0 amide bonds. The molecular formula is C8H22B5N. The smallest absolute Gasteiger partial charge is 0.123 e. The van der Waals surface area contributed by atoms with Gasteiger partial charge in [-0.15, -0.1) is 0 Å². The van der Waals surface area contributed by atoms with Crippen LogP contribution in [0.5, 0.6) is 0 Å². The summed E-state index contributed by atoms with van der Waals surface area (Å²) in [5, 5.41) is 0.330. The summed E-state index contributed by atoms with van der Waals surface area (Å²) in [6.07, 6.45) is 0. The van der Waals surface area contributed by atoms with Crippen LogP contribution in [-0.4, -0.2) is 60.9 Å². The van der Waals surface area contributed by atoms with Gasteiger partial charge in [0.15, 0.2) is 0 Å². The van der Waals surface area contributed by atoms with Gasteiger partial charge in [-0.1, -0.05) is 11.6 Å². The Morgan fingerprint density at radius 3 is 1.64 bits per heavy atom. The maximum atomic E-state index is 2.69. The maximum Gasteiger partial charge on any atom is 0.123 e. The molecule has 0 aromatic rings. The highest BCUT2D eigenvalue weighted by molar-refractivity contribution is 6.46. The van der Waals surface area contributed by atoms with Crippen LogP contribution in [0.1, 0.15) is 20.8 Å². The van der Waals surface area contributed by atoms with Crippen molar-refractivity contribution in [2.45, 2.75) is 49.2 Å². The molecule has 3 atom stereocenters. The number of hydrogen-bond donors (Lipinski definition) is 0. The van der Waals surface area contributed by atoms with Crippen molar-refractivity contribution in [3.63, 3.8) is 0 Å². The Morgan fingerprint density at radius 2 is 1.50 bits per heavy atom. The highest BCUT2D eigenvalue weighted by atomic mass is 15.3. The molecule has 6 heteroatoms. The van der Waals surface area contributed by atoms with Crippen LogP contribution in [0.4, 0.5) is 0 Å². The number of rotatable bonds is 0. The van der Waals surface area contributed by atoms with E-state index >= 15 is 0 Å². The maximum absolute atomic E-state index is 2.69. The molecular weight excluding hydrogens is 164 g/mol. The zero-order chi connectivity index (χ0) is 11.3. The van der Waals surface area contributed by atoms with E-state index in [9.17, 15) is 0 Å². The van der Waals surface area contributed by atoms with Gasteiger partial charge in [0.1, 0.15) is 39.2 Å². The van der Waals surface area contributed by atoms with Crippen LogP contribution < -0.4 is 0 Å². The predicted molar refractivity (Wildman–Crippen MR) is 78.3 cm³/mol. The van der Waals surface area contributed by atoms with Crippen molar-refractivity contribution in [2.75, 3.05) is 0 Å². The first-order valence-electron chi connectivity index (χ1n) is 5.89. The van der Waals surface area contributed by atoms with Crippen LogP contribution in [0.15, 0.2) is 0 Å². The minimum atomic E-state index is 0.280. The molecule has 1 aliphatic heterocycles. The summed E-state index contributed by atoms with van der Waals surface area (Å²) in [5.41, 5.74) is 0.280. The minimum Gasteiger partial charge on any atom is -0.314 e. The highest BCUT2D eigenvalue weighted by Crippen LogP contribution is 2.46. The van der Waals surface area contributed by atoms with Gasteiger partial charge in [0.2, 0.25) is 0 Å². The first kappa shape index (κ1) is 12.4. The largest absolute Gasteiger partial charge is 0.314 e. The lowest BCUT2D eigenvalue weighted by molar-refractivity contribution is 0.122. The van der Waals surface area contributed by atoms with E-state index < -0.39 is 0 Å². The normalized spacial score (nSPS) is 38.6. The van der Waals surface area contributed by atoms with E-state index in [-0.39, 0.29) is 5.54 Å². The van der Waals surface area contributed by atoms with Gasteiger partial charge in [0.05, 0.1) is 0 Å². The molecule has 1 aliphatic rings. The molecule has 1 heterocycles. The molecule has 3 unspecified atom stereocenters. The summed E-state index contributed by atoms with van der Waals surface area (Å²) >= 11 is 0. The zero-order valence-corrected chi connectivity index (χ0v) is 11.2.